The molecule has 0 aliphatic rings. The molecule has 3 aromatic rings. The summed E-state index contributed by atoms with van der Waals surface area (Å²) in [6.07, 6.45) is -4.44. The van der Waals surface area contributed by atoms with Gasteiger partial charge in [-0.25, -0.2) is 0 Å². The molecule has 0 spiro atoms. The van der Waals surface area contributed by atoms with E-state index in [2.05, 4.69) is 0 Å². The maximum Gasteiger partial charge on any atom is 0.416 e. The summed E-state index contributed by atoms with van der Waals surface area (Å²) in [7, 11) is 0. The summed E-state index contributed by atoms with van der Waals surface area (Å²) in [4.78, 5) is 12.1. The standard InChI is InChI=1S/C17H11F3O2/c1-10-5-6-15-13(7-10)14(21)9-16(22-15)11-3-2-4-12(8-11)17(18,19)20/h2-9H,1H3. The maximum absolute atomic E-state index is 12.8. The molecule has 0 saturated heterocycles. The van der Waals surface area contributed by atoms with Crippen LogP contribution < -0.4 is 5.43 Å². The summed E-state index contributed by atoms with van der Waals surface area (Å²) in [6, 6.07) is 11.0. The molecule has 5 heteroatoms. The molecular weight excluding hydrogens is 293 g/mol. The Labute approximate surface area is 123 Å². The first kappa shape index (κ1) is 14.4. The lowest BCUT2D eigenvalue weighted by Gasteiger charge is -2.09. The largest absolute Gasteiger partial charge is 0.456 e. The van der Waals surface area contributed by atoms with Crippen LogP contribution in [-0.4, -0.2) is 0 Å². The number of benzene rings is 2. The number of hydrogen-bond donors (Lipinski definition) is 0. The molecule has 0 N–H and O–H groups in total. The van der Waals surface area contributed by atoms with Gasteiger partial charge in [-0.15, -0.1) is 0 Å². The third-order valence-corrected chi connectivity index (χ3v) is 3.36. The quantitative estimate of drug-likeness (QED) is 0.647. The van der Waals surface area contributed by atoms with Crippen LogP contribution in [0.4, 0.5) is 13.2 Å². The van der Waals surface area contributed by atoms with Crippen molar-refractivity contribution in [3.05, 3.63) is 69.9 Å². The first-order valence-corrected chi connectivity index (χ1v) is 6.57. The van der Waals surface area contributed by atoms with Crippen LogP contribution in [0, 0.1) is 6.92 Å². The van der Waals surface area contributed by atoms with Crippen molar-refractivity contribution in [2.24, 2.45) is 0 Å². The van der Waals surface area contributed by atoms with Gasteiger partial charge in [0.05, 0.1) is 10.9 Å². The fourth-order valence-corrected chi connectivity index (χ4v) is 2.26. The summed E-state index contributed by atoms with van der Waals surface area (Å²) in [5.41, 5.74) is 0.417. The van der Waals surface area contributed by atoms with Crippen molar-refractivity contribution >= 4 is 11.0 Å². The molecule has 0 bridgehead atoms. The van der Waals surface area contributed by atoms with Gasteiger partial charge >= 0.3 is 6.18 Å². The normalized spacial score (nSPS) is 11.8. The number of fused-ring (bicyclic) bond motifs is 1. The van der Waals surface area contributed by atoms with E-state index >= 15 is 0 Å². The molecule has 0 saturated carbocycles. The van der Waals surface area contributed by atoms with Crippen LogP contribution in [0.3, 0.4) is 0 Å². The first-order chi connectivity index (χ1) is 10.3. The number of halogens is 3. The molecule has 22 heavy (non-hydrogen) atoms. The van der Waals surface area contributed by atoms with Gasteiger partial charge in [-0.2, -0.15) is 13.2 Å². The van der Waals surface area contributed by atoms with E-state index in [1.807, 2.05) is 6.92 Å². The highest BCUT2D eigenvalue weighted by atomic mass is 19.4. The smallest absolute Gasteiger partial charge is 0.416 e. The lowest BCUT2D eigenvalue weighted by Crippen LogP contribution is -2.05. The zero-order chi connectivity index (χ0) is 15.9. The first-order valence-electron chi connectivity index (χ1n) is 6.57. The minimum absolute atomic E-state index is 0.118. The van der Waals surface area contributed by atoms with E-state index in [1.54, 1.807) is 18.2 Å². The third kappa shape index (κ3) is 2.62. The average Bonchev–Trinajstić information content (AvgIpc) is 2.47. The third-order valence-electron chi connectivity index (χ3n) is 3.36. The summed E-state index contributed by atoms with van der Waals surface area (Å²) < 4.78 is 43.9. The molecule has 0 radical (unpaired) electrons. The van der Waals surface area contributed by atoms with Crippen molar-refractivity contribution in [3.8, 4) is 11.3 Å². The predicted octanol–water partition coefficient (Wildman–Crippen LogP) is 4.79. The van der Waals surface area contributed by atoms with E-state index < -0.39 is 11.7 Å². The van der Waals surface area contributed by atoms with Gasteiger partial charge in [0.15, 0.2) is 5.43 Å². The van der Waals surface area contributed by atoms with E-state index in [4.69, 9.17) is 4.42 Å². The van der Waals surface area contributed by atoms with Crippen LogP contribution in [-0.2, 0) is 6.18 Å². The van der Waals surface area contributed by atoms with Gasteiger partial charge < -0.3 is 4.42 Å². The van der Waals surface area contributed by atoms with Crippen LogP contribution in [0.1, 0.15) is 11.1 Å². The molecule has 2 aromatic carbocycles. The van der Waals surface area contributed by atoms with Gasteiger partial charge in [-0.05, 0) is 31.2 Å². The molecule has 0 aliphatic heterocycles. The van der Waals surface area contributed by atoms with Gasteiger partial charge in [0.2, 0.25) is 0 Å². The second-order valence-electron chi connectivity index (χ2n) is 5.05. The Morgan fingerprint density at radius 3 is 2.50 bits per heavy atom. The molecule has 0 aliphatic carbocycles. The van der Waals surface area contributed by atoms with Crippen molar-refractivity contribution in [1.29, 1.82) is 0 Å². The predicted molar refractivity (Wildman–Crippen MR) is 77.7 cm³/mol. The summed E-state index contributed by atoms with van der Waals surface area (Å²) in [5, 5.41) is 0.413. The Morgan fingerprint density at radius 2 is 1.77 bits per heavy atom. The molecule has 0 fully saturated rings. The molecule has 1 heterocycles. The monoisotopic (exact) mass is 304 g/mol. The zero-order valence-corrected chi connectivity index (χ0v) is 11.6. The molecular formula is C17H11F3O2. The molecule has 0 atom stereocenters. The molecule has 0 amide bonds. The van der Waals surface area contributed by atoms with Crippen molar-refractivity contribution < 1.29 is 17.6 Å². The van der Waals surface area contributed by atoms with Crippen molar-refractivity contribution in [2.75, 3.05) is 0 Å². The Morgan fingerprint density at radius 1 is 1.00 bits per heavy atom. The highest BCUT2D eigenvalue weighted by Gasteiger charge is 2.30. The van der Waals surface area contributed by atoms with E-state index in [1.165, 1.54) is 18.2 Å². The summed E-state index contributed by atoms with van der Waals surface area (Å²) in [6.45, 7) is 1.85. The number of hydrogen-bond acceptors (Lipinski definition) is 2. The second kappa shape index (κ2) is 5.02. The van der Waals surface area contributed by atoms with E-state index in [0.717, 1.165) is 17.7 Å². The lowest BCUT2D eigenvalue weighted by molar-refractivity contribution is -0.137. The number of aryl methyl sites for hydroxylation is 1. The summed E-state index contributed by atoms with van der Waals surface area (Å²) in [5.74, 6) is 0.118. The molecule has 0 unspecified atom stereocenters. The SMILES string of the molecule is Cc1ccc2oc(-c3cccc(C(F)(F)F)c3)cc(=O)c2c1. The second-order valence-corrected chi connectivity index (χ2v) is 5.05. The fraction of sp³-hybridized carbons (Fsp3) is 0.118. The minimum atomic E-state index is -4.44. The summed E-state index contributed by atoms with van der Waals surface area (Å²) >= 11 is 0. The van der Waals surface area contributed by atoms with E-state index in [-0.39, 0.29) is 16.8 Å². The highest BCUT2D eigenvalue weighted by molar-refractivity contribution is 5.79. The van der Waals surface area contributed by atoms with Gasteiger partial charge in [0, 0.05) is 11.6 Å². The lowest BCUT2D eigenvalue weighted by atomic mass is 10.1. The topological polar surface area (TPSA) is 30.2 Å². The van der Waals surface area contributed by atoms with Crippen LogP contribution in [0.15, 0.2) is 57.7 Å². The molecule has 1 aromatic heterocycles. The Bertz CT molecular complexity index is 908. The molecule has 112 valence electrons. The van der Waals surface area contributed by atoms with Crippen molar-refractivity contribution in [3.63, 3.8) is 0 Å². The maximum atomic E-state index is 12.8. The van der Waals surface area contributed by atoms with Crippen LogP contribution in [0.5, 0.6) is 0 Å². The van der Waals surface area contributed by atoms with Gasteiger partial charge in [0.1, 0.15) is 11.3 Å². The highest BCUT2D eigenvalue weighted by Crippen LogP contribution is 2.32. The van der Waals surface area contributed by atoms with Gasteiger partial charge in [0.25, 0.3) is 0 Å². The number of alkyl halides is 3. The van der Waals surface area contributed by atoms with Crippen molar-refractivity contribution in [2.45, 2.75) is 13.1 Å². The Kier molecular flexibility index (Phi) is 3.28. The molecule has 3 rings (SSSR count). The van der Waals surface area contributed by atoms with E-state index in [0.29, 0.717) is 11.0 Å². The minimum Gasteiger partial charge on any atom is -0.456 e. The van der Waals surface area contributed by atoms with E-state index in [9.17, 15) is 18.0 Å². The van der Waals surface area contributed by atoms with Gasteiger partial charge in [-0.3, -0.25) is 4.79 Å². The number of rotatable bonds is 1. The Hall–Kier alpha value is -2.56. The van der Waals surface area contributed by atoms with Gasteiger partial charge in [-0.1, -0.05) is 23.8 Å². The van der Waals surface area contributed by atoms with Crippen LogP contribution in [0.25, 0.3) is 22.3 Å². The van der Waals surface area contributed by atoms with Crippen molar-refractivity contribution in [1.82, 2.24) is 0 Å². The molecule has 2 nitrogen and oxygen atoms in total. The van der Waals surface area contributed by atoms with Crippen LogP contribution >= 0.6 is 0 Å². The Balaban J connectivity index is 2.19. The fourth-order valence-electron chi connectivity index (χ4n) is 2.26. The van der Waals surface area contributed by atoms with Crippen LogP contribution in [0.2, 0.25) is 0 Å². The average molecular weight is 304 g/mol. The zero-order valence-electron chi connectivity index (χ0n) is 11.6.